The topological polar surface area (TPSA) is 95.9 Å². The number of alkyl carbamates (subject to hydrolysis) is 1. The third-order valence-corrected chi connectivity index (χ3v) is 6.72. The van der Waals surface area contributed by atoms with Crippen LogP contribution in [0.3, 0.4) is 0 Å². The molecule has 0 fully saturated rings. The van der Waals surface area contributed by atoms with Gasteiger partial charge in [0.1, 0.15) is 12.6 Å². The fourth-order valence-electron chi connectivity index (χ4n) is 4.68. The van der Waals surface area contributed by atoms with Crippen LogP contribution in [0.2, 0.25) is 0 Å². The largest absolute Gasteiger partial charge is 0.481 e. The predicted octanol–water partition coefficient (Wildman–Crippen LogP) is 4.65. The molecule has 182 valence electrons. The van der Waals surface area contributed by atoms with Gasteiger partial charge in [0.25, 0.3) is 0 Å². The van der Waals surface area contributed by atoms with Gasteiger partial charge < -0.3 is 20.1 Å². The molecule has 0 saturated heterocycles. The first-order chi connectivity index (χ1) is 16.3. The summed E-state index contributed by atoms with van der Waals surface area (Å²) in [4.78, 5) is 38.8. The molecule has 0 aliphatic heterocycles. The third-order valence-electron chi connectivity index (χ3n) is 6.72. The first-order valence-electron chi connectivity index (χ1n) is 11.9. The van der Waals surface area contributed by atoms with Crippen LogP contribution in [-0.4, -0.2) is 53.2 Å². The molecular weight excluding hydrogens is 432 g/mol. The van der Waals surface area contributed by atoms with Gasteiger partial charge in [0.05, 0.1) is 6.42 Å². The van der Waals surface area contributed by atoms with E-state index in [-0.39, 0.29) is 30.8 Å². The molecule has 0 saturated carbocycles. The molecular formula is C27H34N2O5. The van der Waals surface area contributed by atoms with E-state index in [1.807, 2.05) is 38.1 Å². The minimum absolute atomic E-state index is 0.0707. The summed E-state index contributed by atoms with van der Waals surface area (Å²) in [7, 11) is 0. The molecule has 1 aliphatic rings. The summed E-state index contributed by atoms with van der Waals surface area (Å²) in [6, 6.07) is 14.9. The molecule has 34 heavy (non-hydrogen) atoms. The first kappa shape index (κ1) is 25.3. The Hall–Kier alpha value is -3.35. The molecule has 1 aliphatic carbocycles. The first-order valence-corrected chi connectivity index (χ1v) is 11.9. The smallest absolute Gasteiger partial charge is 0.407 e. The summed E-state index contributed by atoms with van der Waals surface area (Å²) >= 11 is 0. The van der Waals surface area contributed by atoms with Crippen LogP contribution >= 0.6 is 0 Å². The maximum Gasteiger partial charge on any atom is 0.407 e. The molecule has 2 amide bonds. The third kappa shape index (κ3) is 5.41. The second kappa shape index (κ2) is 11.2. The van der Waals surface area contributed by atoms with Crippen LogP contribution in [0.1, 0.15) is 57.6 Å². The van der Waals surface area contributed by atoms with E-state index in [1.165, 1.54) is 4.90 Å². The van der Waals surface area contributed by atoms with Gasteiger partial charge in [-0.25, -0.2) is 4.79 Å². The van der Waals surface area contributed by atoms with Crippen molar-refractivity contribution in [1.82, 2.24) is 10.2 Å². The molecule has 0 spiro atoms. The summed E-state index contributed by atoms with van der Waals surface area (Å²) in [5.74, 6) is -1.47. The SMILES string of the molecule is CC[C@H](C)[C@H](NC(=O)OCC1c2ccccc2-c2ccccc21)C(=O)N(CC)C(C)CC(=O)O. The lowest BCUT2D eigenvalue weighted by Gasteiger charge is -2.33. The quantitative estimate of drug-likeness (QED) is 0.531. The number of carboxylic acids is 1. The van der Waals surface area contributed by atoms with Gasteiger partial charge in [0, 0.05) is 18.5 Å². The molecule has 0 aromatic heterocycles. The fourth-order valence-corrected chi connectivity index (χ4v) is 4.68. The molecule has 7 heteroatoms. The van der Waals surface area contributed by atoms with Crippen molar-refractivity contribution in [3.8, 4) is 11.1 Å². The zero-order valence-corrected chi connectivity index (χ0v) is 20.3. The van der Waals surface area contributed by atoms with E-state index in [9.17, 15) is 14.4 Å². The van der Waals surface area contributed by atoms with Crippen LogP contribution in [0.25, 0.3) is 11.1 Å². The molecule has 0 radical (unpaired) electrons. The van der Waals surface area contributed by atoms with E-state index >= 15 is 0 Å². The highest BCUT2D eigenvalue weighted by molar-refractivity contribution is 5.86. The number of fused-ring (bicyclic) bond motifs is 3. The average molecular weight is 467 g/mol. The van der Waals surface area contributed by atoms with Crippen LogP contribution in [0, 0.1) is 5.92 Å². The Balaban J connectivity index is 1.71. The molecule has 3 atom stereocenters. The van der Waals surface area contributed by atoms with Crippen molar-refractivity contribution in [2.45, 2.75) is 58.5 Å². The number of carbonyl (C=O) groups is 3. The number of benzene rings is 2. The Morgan fingerprint density at radius 1 is 1.00 bits per heavy atom. The molecule has 3 rings (SSSR count). The Bertz CT molecular complexity index is 992. The Morgan fingerprint density at radius 3 is 2.06 bits per heavy atom. The highest BCUT2D eigenvalue weighted by atomic mass is 16.5. The van der Waals surface area contributed by atoms with E-state index in [0.29, 0.717) is 13.0 Å². The Labute approximate surface area is 201 Å². The fraction of sp³-hybridized carbons (Fsp3) is 0.444. The molecule has 2 aromatic carbocycles. The molecule has 0 heterocycles. The molecule has 0 bridgehead atoms. The van der Waals surface area contributed by atoms with E-state index in [4.69, 9.17) is 9.84 Å². The van der Waals surface area contributed by atoms with Gasteiger partial charge in [-0.05, 0) is 42.0 Å². The van der Waals surface area contributed by atoms with Gasteiger partial charge in [-0.3, -0.25) is 9.59 Å². The van der Waals surface area contributed by atoms with Gasteiger partial charge in [0.15, 0.2) is 0 Å². The summed E-state index contributed by atoms with van der Waals surface area (Å²) in [5.41, 5.74) is 4.52. The number of ether oxygens (including phenoxy) is 1. The van der Waals surface area contributed by atoms with Crippen molar-refractivity contribution in [2.24, 2.45) is 5.92 Å². The van der Waals surface area contributed by atoms with Crippen molar-refractivity contribution in [2.75, 3.05) is 13.2 Å². The number of nitrogens with one attached hydrogen (secondary N) is 1. The van der Waals surface area contributed by atoms with Gasteiger partial charge in [-0.15, -0.1) is 0 Å². The predicted molar refractivity (Wildman–Crippen MR) is 131 cm³/mol. The van der Waals surface area contributed by atoms with Crippen molar-refractivity contribution in [1.29, 1.82) is 0 Å². The number of aliphatic carboxylic acids is 1. The van der Waals surface area contributed by atoms with Crippen LogP contribution in [-0.2, 0) is 14.3 Å². The normalized spacial score (nSPS) is 14.9. The van der Waals surface area contributed by atoms with Crippen LogP contribution in [0.4, 0.5) is 4.79 Å². The van der Waals surface area contributed by atoms with Crippen molar-refractivity contribution < 1.29 is 24.2 Å². The maximum absolute atomic E-state index is 13.3. The summed E-state index contributed by atoms with van der Waals surface area (Å²) in [5, 5.41) is 11.9. The summed E-state index contributed by atoms with van der Waals surface area (Å²) in [6.07, 6.45) is -0.134. The second-order valence-corrected chi connectivity index (χ2v) is 8.90. The zero-order chi connectivity index (χ0) is 24.8. The van der Waals surface area contributed by atoms with Crippen LogP contribution in [0.5, 0.6) is 0 Å². The van der Waals surface area contributed by atoms with E-state index < -0.39 is 24.1 Å². The number of hydrogen-bond acceptors (Lipinski definition) is 4. The number of carboxylic acid groups (broad SMARTS) is 1. The summed E-state index contributed by atoms with van der Waals surface area (Å²) in [6.45, 7) is 7.86. The van der Waals surface area contributed by atoms with E-state index in [2.05, 4.69) is 29.6 Å². The Kier molecular flexibility index (Phi) is 8.31. The lowest BCUT2D eigenvalue weighted by molar-refractivity contribution is -0.141. The number of rotatable bonds is 10. The van der Waals surface area contributed by atoms with Crippen molar-refractivity contribution >= 4 is 18.0 Å². The van der Waals surface area contributed by atoms with Crippen LogP contribution in [0.15, 0.2) is 48.5 Å². The average Bonchev–Trinajstić information content (AvgIpc) is 3.14. The van der Waals surface area contributed by atoms with Crippen molar-refractivity contribution in [3.63, 3.8) is 0 Å². The number of nitrogens with zero attached hydrogens (tertiary/aromatic N) is 1. The highest BCUT2D eigenvalue weighted by Crippen LogP contribution is 2.44. The molecule has 7 nitrogen and oxygen atoms in total. The minimum atomic E-state index is -0.969. The lowest BCUT2D eigenvalue weighted by atomic mass is 9.97. The number of amides is 2. The number of likely N-dealkylation sites (N-methyl/N-ethyl adjacent to an activating group) is 1. The van der Waals surface area contributed by atoms with Gasteiger partial charge in [0.2, 0.25) is 5.91 Å². The molecule has 2 aromatic rings. The van der Waals surface area contributed by atoms with E-state index in [0.717, 1.165) is 22.3 Å². The highest BCUT2D eigenvalue weighted by Gasteiger charge is 2.34. The molecule has 2 N–H and O–H groups in total. The monoisotopic (exact) mass is 466 g/mol. The number of carbonyl (C=O) groups excluding carboxylic acids is 2. The minimum Gasteiger partial charge on any atom is -0.481 e. The van der Waals surface area contributed by atoms with E-state index in [1.54, 1.807) is 13.8 Å². The molecule has 1 unspecified atom stereocenters. The Morgan fingerprint density at radius 2 is 1.56 bits per heavy atom. The van der Waals surface area contributed by atoms with Crippen LogP contribution < -0.4 is 5.32 Å². The second-order valence-electron chi connectivity index (χ2n) is 8.90. The lowest BCUT2D eigenvalue weighted by Crippen LogP contribution is -2.54. The summed E-state index contributed by atoms with van der Waals surface area (Å²) < 4.78 is 5.64. The number of hydrogen-bond donors (Lipinski definition) is 2. The zero-order valence-electron chi connectivity index (χ0n) is 20.3. The van der Waals surface area contributed by atoms with Gasteiger partial charge in [-0.1, -0.05) is 68.8 Å². The maximum atomic E-state index is 13.3. The van der Waals surface area contributed by atoms with Gasteiger partial charge >= 0.3 is 12.1 Å². The van der Waals surface area contributed by atoms with Crippen molar-refractivity contribution in [3.05, 3.63) is 59.7 Å². The van der Waals surface area contributed by atoms with Gasteiger partial charge in [-0.2, -0.15) is 0 Å². The standard InChI is InChI=1S/C27H34N2O5/c1-5-17(3)25(26(32)29(6-2)18(4)15-24(30)31)28-27(33)34-16-23-21-13-9-7-11-19(21)20-12-8-10-14-22(20)23/h7-14,17-18,23,25H,5-6,15-16H2,1-4H3,(H,28,33)(H,30,31)/t17-,18?,25-/m0/s1.